The van der Waals surface area contributed by atoms with Crippen LogP contribution in [0.2, 0.25) is 0 Å². The minimum Gasteiger partial charge on any atom is -0.476 e. The van der Waals surface area contributed by atoms with E-state index in [1.807, 2.05) is 0 Å². The third-order valence-corrected chi connectivity index (χ3v) is 1.32. The Morgan fingerprint density at radius 1 is 1.64 bits per heavy atom. The van der Waals surface area contributed by atoms with Gasteiger partial charge >= 0.3 is 6.09 Å². The zero-order chi connectivity index (χ0) is 10.4. The topological polar surface area (TPSA) is 71.5 Å². The number of amides is 1. The molecule has 0 fully saturated rings. The summed E-state index contributed by atoms with van der Waals surface area (Å²) < 4.78 is 17.5. The van der Waals surface area contributed by atoms with E-state index in [0.717, 1.165) is 0 Å². The average molecular weight is 200 g/mol. The third-order valence-electron chi connectivity index (χ3n) is 1.32. The molecule has 0 saturated carbocycles. The van der Waals surface area contributed by atoms with Crippen molar-refractivity contribution >= 4 is 6.09 Å². The van der Waals surface area contributed by atoms with E-state index in [1.165, 1.54) is 18.2 Å². The Hall–Kier alpha value is -1.85. The Bertz CT molecular complexity index is 319. The van der Waals surface area contributed by atoms with Gasteiger partial charge in [-0.15, -0.1) is 0 Å². The Balaban J connectivity index is 2.28. The second kappa shape index (κ2) is 5.00. The summed E-state index contributed by atoms with van der Waals surface area (Å²) in [6, 6.07) is 4.15. The van der Waals surface area contributed by atoms with Crippen LogP contribution in [0.5, 0.6) is 5.88 Å². The predicted molar refractivity (Wildman–Crippen MR) is 45.7 cm³/mol. The van der Waals surface area contributed by atoms with Crippen LogP contribution in [-0.2, 0) is 0 Å². The molecule has 0 bridgehead atoms. The maximum atomic E-state index is 12.5. The number of pyridine rings is 1. The fraction of sp³-hybridized carbons (Fsp3) is 0.250. The molecular formula is C8H9FN2O3. The van der Waals surface area contributed by atoms with Gasteiger partial charge in [-0.3, -0.25) is 0 Å². The molecule has 0 aliphatic heterocycles. The quantitative estimate of drug-likeness (QED) is 0.558. The van der Waals surface area contributed by atoms with Gasteiger partial charge < -0.3 is 15.2 Å². The molecule has 2 N–H and O–H groups in total. The first kappa shape index (κ1) is 10.2. The first-order chi connectivity index (χ1) is 6.68. The minimum atomic E-state index is -1.12. The minimum absolute atomic E-state index is 0.114. The van der Waals surface area contributed by atoms with Crippen molar-refractivity contribution in [1.29, 1.82) is 0 Å². The third kappa shape index (κ3) is 3.70. The average Bonchev–Trinajstić information content (AvgIpc) is 2.12. The summed E-state index contributed by atoms with van der Waals surface area (Å²) in [5.41, 5.74) is 0. The van der Waals surface area contributed by atoms with Crippen molar-refractivity contribution in [2.75, 3.05) is 13.2 Å². The summed E-state index contributed by atoms with van der Waals surface area (Å²) in [6.45, 7) is 0.246. The molecule has 14 heavy (non-hydrogen) atoms. The molecule has 0 radical (unpaired) electrons. The van der Waals surface area contributed by atoms with Gasteiger partial charge in [0.25, 0.3) is 0 Å². The van der Waals surface area contributed by atoms with E-state index in [1.54, 1.807) is 0 Å². The number of rotatable bonds is 4. The van der Waals surface area contributed by atoms with Gasteiger partial charge in [0, 0.05) is 6.07 Å². The van der Waals surface area contributed by atoms with Gasteiger partial charge in [0.2, 0.25) is 11.8 Å². The summed E-state index contributed by atoms with van der Waals surface area (Å²) in [6.07, 6.45) is -1.12. The highest BCUT2D eigenvalue weighted by Gasteiger charge is 1.98. The number of carboxylic acid groups (broad SMARTS) is 1. The fourth-order valence-electron chi connectivity index (χ4n) is 0.784. The van der Waals surface area contributed by atoms with Crippen LogP contribution in [-0.4, -0.2) is 29.3 Å². The highest BCUT2D eigenvalue weighted by atomic mass is 19.1. The Kier molecular flexibility index (Phi) is 3.66. The molecule has 0 unspecified atom stereocenters. The van der Waals surface area contributed by atoms with E-state index in [-0.39, 0.29) is 19.0 Å². The number of ether oxygens (including phenoxy) is 1. The van der Waals surface area contributed by atoms with Crippen LogP contribution in [0.3, 0.4) is 0 Å². The summed E-state index contributed by atoms with van der Waals surface area (Å²) in [5, 5.41) is 10.3. The zero-order valence-corrected chi connectivity index (χ0v) is 7.24. The van der Waals surface area contributed by atoms with Crippen LogP contribution in [0.4, 0.5) is 9.18 Å². The lowest BCUT2D eigenvalue weighted by Gasteiger charge is -2.04. The number of carbonyl (C=O) groups is 1. The zero-order valence-electron chi connectivity index (χ0n) is 7.24. The summed E-state index contributed by atoms with van der Waals surface area (Å²) in [5.74, 6) is -0.495. The van der Waals surface area contributed by atoms with Gasteiger partial charge in [-0.05, 0) is 6.07 Å². The van der Waals surface area contributed by atoms with Gasteiger partial charge in [0.05, 0.1) is 6.54 Å². The van der Waals surface area contributed by atoms with E-state index >= 15 is 0 Å². The SMILES string of the molecule is O=C(O)NCCOc1cccc(F)n1. The number of hydrogen-bond acceptors (Lipinski definition) is 3. The number of aromatic nitrogens is 1. The van der Waals surface area contributed by atoms with Crippen molar-refractivity contribution in [3.63, 3.8) is 0 Å². The van der Waals surface area contributed by atoms with Crippen LogP contribution in [0.15, 0.2) is 18.2 Å². The molecular weight excluding hydrogens is 191 g/mol. The second-order valence-electron chi connectivity index (χ2n) is 2.38. The van der Waals surface area contributed by atoms with Crippen molar-refractivity contribution < 1.29 is 19.0 Å². The van der Waals surface area contributed by atoms with Crippen LogP contribution in [0.1, 0.15) is 0 Å². The van der Waals surface area contributed by atoms with Crippen LogP contribution in [0.25, 0.3) is 0 Å². The number of nitrogens with one attached hydrogen (secondary N) is 1. The van der Waals surface area contributed by atoms with Gasteiger partial charge in [-0.2, -0.15) is 9.37 Å². The molecule has 0 aromatic carbocycles. The van der Waals surface area contributed by atoms with Gasteiger partial charge in [0.15, 0.2) is 0 Å². The number of nitrogens with zero attached hydrogens (tertiary/aromatic N) is 1. The highest BCUT2D eigenvalue weighted by Crippen LogP contribution is 2.05. The molecule has 6 heteroatoms. The second-order valence-corrected chi connectivity index (χ2v) is 2.38. The molecule has 1 amide bonds. The van der Waals surface area contributed by atoms with Gasteiger partial charge in [0.1, 0.15) is 6.61 Å². The molecule has 76 valence electrons. The maximum absolute atomic E-state index is 12.5. The summed E-state index contributed by atoms with van der Waals surface area (Å²) in [4.78, 5) is 13.4. The lowest BCUT2D eigenvalue weighted by molar-refractivity contribution is 0.190. The highest BCUT2D eigenvalue weighted by molar-refractivity contribution is 5.64. The van der Waals surface area contributed by atoms with Gasteiger partial charge in [-0.1, -0.05) is 6.07 Å². The Morgan fingerprint density at radius 2 is 2.43 bits per heavy atom. The van der Waals surface area contributed by atoms with Gasteiger partial charge in [-0.25, -0.2) is 4.79 Å². The first-order valence-electron chi connectivity index (χ1n) is 3.90. The summed E-state index contributed by atoms with van der Waals surface area (Å²) in [7, 11) is 0. The van der Waals surface area contributed by atoms with Crippen LogP contribution < -0.4 is 10.1 Å². The lowest BCUT2D eigenvalue weighted by atomic mass is 10.5. The first-order valence-corrected chi connectivity index (χ1v) is 3.90. The van der Waals surface area contributed by atoms with E-state index in [4.69, 9.17) is 9.84 Å². The molecule has 1 rings (SSSR count). The Labute approximate surface area is 79.5 Å². The van der Waals surface area contributed by atoms with Crippen molar-refractivity contribution in [2.45, 2.75) is 0 Å². The standard InChI is InChI=1S/C8H9FN2O3/c9-6-2-1-3-7(11-6)14-5-4-10-8(12)13/h1-3,10H,4-5H2,(H,12,13). The van der Waals surface area contributed by atoms with E-state index in [0.29, 0.717) is 0 Å². The maximum Gasteiger partial charge on any atom is 0.404 e. The predicted octanol–water partition coefficient (Wildman–Crippen LogP) is 0.867. The van der Waals surface area contributed by atoms with Crippen molar-refractivity contribution in [1.82, 2.24) is 10.3 Å². The van der Waals surface area contributed by atoms with E-state index in [2.05, 4.69) is 10.3 Å². The lowest BCUT2D eigenvalue weighted by Crippen LogP contribution is -2.26. The molecule has 0 aliphatic rings. The summed E-state index contributed by atoms with van der Waals surface area (Å²) >= 11 is 0. The Morgan fingerprint density at radius 3 is 3.07 bits per heavy atom. The van der Waals surface area contributed by atoms with Crippen molar-refractivity contribution in [2.24, 2.45) is 0 Å². The molecule has 0 spiro atoms. The monoisotopic (exact) mass is 200 g/mol. The number of hydrogen-bond donors (Lipinski definition) is 2. The van der Waals surface area contributed by atoms with Crippen LogP contribution >= 0.6 is 0 Å². The van der Waals surface area contributed by atoms with Crippen molar-refractivity contribution in [3.05, 3.63) is 24.1 Å². The molecule has 1 aromatic heterocycles. The van der Waals surface area contributed by atoms with E-state index < -0.39 is 12.0 Å². The molecule has 1 aromatic rings. The van der Waals surface area contributed by atoms with Crippen molar-refractivity contribution in [3.8, 4) is 5.88 Å². The molecule has 0 atom stereocenters. The molecule has 1 heterocycles. The molecule has 0 saturated heterocycles. The molecule has 5 nitrogen and oxygen atoms in total. The largest absolute Gasteiger partial charge is 0.476 e. The van der Waals surface area contributed by atoms with E-state index in [9.17, 15) is 9.18 Å². The van der Waals surface area contributed by atoms with Crippen LogP contribution in [0, 0.1) is 5.95 Å². The smallest absolute Gasteiger partial charge is 0.404 e. The normalized spacial score (nSPS) is 9.50. The fourth-order valence-corrected chi connectivity index (χ4v) is 0.784. The number of halogens is 1. The molecule has 0 aliphatic carbocycles.